The van der Waals surface area contributed by atoms with Crippen molar-refractivity contribution in [2.45, 2.75) is 13.5 Å². The van der Waals surface area contributed by atoms with Gasteiger partial charge >= 0.3 is 0 Å². The molecule has 0 unspecified atom stereocenters. The molecule has 0 saturated heterocycles. The number of aromatic nitrogens is 3. The molecule has 1 amide bonds. The predicted molar refractivity (Wildman–Crippen MR) is 99.6 cm³/mol. The Morgan fingerprint density at radius 3 is 2.56 bits per heavy atom. The van der Waals surface area contributed by atoms with Crippen LogP contribution in [0.1, 0.15) is 21.6 Å². The van der Waals surface area contributed by atoms with Gasteiger partial charge in [0.1, 0.15) is 0 Å². The van der Waals surface area contributed by atoms with Gasteiger partial charge in [-0.2, -0.15) is 0 Å². The van der Waals surface area contributed by atoms with E-state index < -0.39 is 0 Å². The maximum absolute atomic E-state index is 12.1. The second kappa shape index (κ2) is 7.85. The lowest BCUT2D eigenvalue weighted by Crippen LogP contribution is -2.24. The van der Waals surface area contributed by atoms with E-state index in [0.29, 0.717) is 12.4 Å². The molecule has 0 bridgehead atoms. The summed E-state index contributed by atoms with van der Waals surface area (Å²) in [5.41, 5.74) is 3.26. The molecule has 3 rings (SSSR count). The topological polar surface area (TPSA) is 79.8 Å². The Hall–Kier alpha value is -2.80. The van der Waals surface area contributed by atoms with Gasteiger partial charge in [0.05, 0.1) is 0 Å². The fourth-order valence-corrected chi connectivity index (χ4v) is 2.67. The monoisotopic (exact) mass is 397 g/mol. The number of anilines is 2. The van der Waals surface area contributed by atoms with Crippen molar-refractivity contribution < 1.29 is 4.79 Å². The summed E-state index contributed by atoms with van der Waals surface area (Å²) in [6.07, 6.45) is 3.37. The molecule has 0 radical (unpaired) electrons. The maximum atomic E-state index is 12.1. The first-order chi connectivity index (χ1) is 12.1. The Kier molecular flexibility index (Phi) is 5.35. The predicted octanol–water partition coefficient (Wildman–Crippen LogP) is 3.62. The number of aryl methyl sites for hydroxylation is 1. The van der Waals surface area contributed by atoms with Crippen molar-refractivity contribution in [1.82, 2.24) is 20.5 Å². The van der Waals surface area contributed by atoms with Crippen LogP contribution in [0.5, 0.6) is 0 Å². The molecule has 0 atom stereocenters. The van der Waals surface area contributed by atoms with Crippen molar-refractivity contribution >= 4 is 33.3 Å². The number of carbonyl (C=O) groups excluding carboxylic acids is 1. The van der Waals surface area contributed by atoms with Crippen LogP contribution >= 0.6 is 15.9 Å². The Labute approximate surface area is 153 Å². The molecule has 25 heavy (non-hydrogen) atoms. The van der Waals surface area contributed by atoms with Crippen LogP contribution in [0.25, 0.3) is 0 Å². The third-order valence-corrected chi connectivity index (χ3v) is 4.04. The van der Waals surface area contributed by atoms with Gasteiger partial charge in [-0.3, -0.25) is 9.78 Å². The lowest BCUT2D eigenvalue weighted by molar-refractivity contribution is 0.0945. The highest BCUT2D eigenvalue weighted by Gasteiger charge is 2.08. The average Bonchev–Trinajstić information content (AvgIpc) is 2.63. The van der Waals surface area contributed by atoms with Crippen molar-refractivity contribution in [2.75, 3.05) is 5.32 Å². The second-order valence-electron chi connectivity index (χ2n) is 5.43. The molecule has 0 aliphatic heterocycles. The summed E-state index contributed by atoms with van der Waals surface area (Å²) in [5, 5.41) is 14.1. The van der Waals surface area contributed by atoms with Crippen LogP contribution in [0.15, 0.2) is 59.3 Å². The number of hydrogen-bond donors (Lipinski definition) is 2. The van der Waals surface area contributed by atoms with Gasteiger partial charge in [0.25, 0.3) is 5.91 Å². The van der Waals surface area contributed by atoms with Crippen molar-refractivity contribution in [3.05, 3.63) is 76.2 Å². The van der Waals surface area contributed by atoms with Gasteiger partial charge in [0.2, 0.25) is 0 Å². The second-order valence-corrected chi connectivity index (χ2v) is 6.34. The first-order valence-electron chi connectivity index (χ1n) is 7.66. The van der Waals surface area contributed by atoms with E-state index in [2.05, 4.69) is 41.7 Å². The van der Waals surface area contributed by atoms with Crippen molar-refractivity contribution in [2.24, 2.45) is 0 Å². The lowest BCUT2D eigenvalue weighted by atomic mass is 10.2. The first-order valence-corrected chi connectivity index (χ1v) is 8.45. The highest BCUT2D eigenvalue weighted by atomic mass is 79.9. The summed E-state index contributed by atoms with van der Waals surface area (Å²) >= 11 is 3.44. The van der Waals surface area contributed by atoms with Crippen LogP contribution in [-0.2, 0) is 6.54 Å². The largest absolute Gasteiger partial charge is 0.347 e. The molecular weight excluding hydrogens is 382 g/mol. The number of carbonyl (C=O) groups is 1. The van der Waals surface area contributed by atoms with E-state index in [9.17, 15) is 4.79 Å². The number of benzene rings is 1. The minimum Gasteiger partial charge on any atom is -0.347 e. The number of amides is 1. The molecule has 3 aromatic rings. The molecule has 0 saturated carbocycles. The minimum atomic E-state index is -0.268. The molecule has 2 N–H and O–H groups in total. The zero-order valence-electron chi connectivity index (χ0n) is 13.5. The third kappa shape index (κ3) is 4.60. The molecule has 0 spiro atoms. The van der Waals surface area contributed by atoms with Gasteiger partial charge in [-0.1, -0.05) is 15.9 Å². The van der Waals surface area contributed by atoms with Crippen molar-refractivity contribution in [3.63, 3.8) is 0 Å². The van der Waals surface area contributed by atoms with Gasteiger partial charge in [-0.25, -0.2) is 0 Å². The standard InChI is InChI=1S/C18H16BrN5O/c1-12-10-14(19)2-3-15(12)22-17-5-4-16(23-24-17)18(25)21-11-13-6-8-20-9-7-13/h2-10H,11H2,1H3,(H,21,25)(H,22,24). The molecule has 7 heteroatoms. The molecule has 1 aromatic carbocycles. The highest BCUT2D eigenvalue weighted by Crippen LogP contribution is 2.22. The molecule has 0 aliphatic carbocycles. The van der Waals surface area contributed by atoms with E-state index in [-0.39, 0.29) is 11.6 Å². The number of rotatable bonds is 5. The smallest absolute Gasteiger partial charge is 0.272 e. The number of hydrogen-bond acceptors (Lipinski definition) is 5. The Bertz CT molecular complexity index is 868. The van der Waals surface area contributed by atoms with Gasteiger partial charge in [-0.15, -0.1) is 10.2 Å². The summed E-state index contributed by atoms with van der Waals surface area (Å²) in [7, 11) is 0. The van der Waals surface area contributed by atoms with E-state index in [1.54, 1.807) is 24.5 Å². The van der Waals surface area contributed by atoms with E-state index in [1.165, 1.54) is 0 Å². The van der Waals surface area contributed by atoms with E-state index in [4.69, 9.17) is 0 Å². The fraction of sp³-hybridized carbons (Fsp3) is 0.111. The van der Waals surface area contributed by atoms with Crippen LogP contribution in [-0.4, -0.2) is 21.1 Å². The summed E-state index contributed by atoms with van der Waals surface area (Å²) in [4.78, 5) is 16.1. The summed E-state index contributed by atoms with van der Waals surface area (Å²) in [6.45, 7) is 2.42. The van der Waals surface area contributed by atoms with Gasteiger partial charge < -0.3 is 10.6 Å². The fourth-order valence-electron chi connectivity index (χ4n) is 2.20. The van der Waals surface area contributed by atoms with E-state index >= 15 is 0 Å². The quantitative estimate of drug-likeness (QED) is 0.687. The van der Waals surface area contributed by atoms with Crippen molar-refractivity contribution in [3.8, 4) is 0 Å². The molecule has 0 aliphatic rings. The van der Waals surface area contributed by atoms with Crippen LogP contribution in [0.2, 0.25) is 0 Å². The molecule has 0 fully saturated rings. The molecule has 2 heterocycles. The Morgan fingerprint density at radius 1 is 1.08 bits per heavy atom. The molecule has 2 aromatic heterocycles. The van der Waals surface area contributed by atoms with Crippen LogP contribution < -0.4 is 10.6 Å². The van der Waals surface area contributed by atoms with Crippen molar-refractivity contribution in [1.29, 1.82) is 0 Å². The molecule has 6 nitrogen and oxygen atoms in total. The van der Waals surface area contributed by atoms with E-state index in [0.717, 1.165) is 21.3 Å². The normalized spacial score (nSPS) is 10.3. The molecule has 126 valence electrons. The average molecular weight is 398 g/mol. The van der Waals surface area contributed by atoms with Crippen LogP contribution in [0.3, 0.4) is 0 Å². The SMILES string of the molecule is Cc1cc(Br)ccc1Nc1ccc(C(=O)NCc2ccncc2)nn1. The third-order valence-electron chi connectivity index (χ3n) is 3.55. The number of halogens is 1. The van der Waals surface area contributed by atoms with Crippen LogP contribution in [0, 0.1) is 6.92 Å². The zero-order chi connectivity index (χ0) is 17.6. The molecular formula is C18H16BrN5O. The zero-order valence-corrected chi connectivity index (χ0v) is 15.1. The summed E-state index contributed by atoms with van der Waals surface area (Å²) in [6, 6.07) is 13.0. The lowest BCUT2D eigenvalue weighted by Gasteiger charge is -2.09. The van der Waals surface area contributed by atoms with Gasteiger partial charge in [0.15, 0.2) is 11.5 Å². The van der Waals surface area contributed by atoms with Gasteiger partial charge in [-0.05, 0) is 60.5 Å². The maximum Gasteiger partial charge on any atom is 0.272 e. The summed E-state index contributed by atoms with van der Waals surface area (Å²) in [5.74, 6) is 0.312. The number of nitrogens with one attached hydrogen (secondary N) is 2. The Morgan fingerprint density at radius 2 is 1.88 bits per heavy atom. The number of pyridine rings is 1. The first kappa shape index (κ1) is 17.0. The van der Waals surface area contributed by atoms with E-state index in [1.807, 2.05) is 37.3 Å². The summed E-state index contributed by atoms with van der Waals surface area (Å²) < 4.78 is 1.02. The van der Waals surface area contributed by atoms with Crippen LogP contribution in [0.4, 0.5) is 11.5 Å². The van der Waals surface area contributed by atoms with Gasteiger partial charge in [0, 0.05) is 29.1 Å². The minimum absolute atomic E-state index is 0.268. The number of nitrogens with zero attached hydrogens (tertiary/aromatic N) is 3. The Balaban J connectivity index is 1.62. The highest BCUT2D eigenvalue weighted by molar-refractivity contribution is 9.10.